The van der Waals surface area contributed by atoms with Crippen LogP contribution in [0, 0.1) is 0 Å². The molecule has 0 amide bonds. The summed E-state index contributed by atoms with van der Waals surface area (Å²) in [6.45, 7) is 4.32. The van der Waals surface area contributed by atoms with Crippen LogP contribution in [0.4, 0.5) is 0 Å². The van der Waals surface area contributed by atoms with Crippen LogP contribution in [-0.2, 0) is 9.54 Å². The molecule has 1 N–H and O–H groups in total. The summed E-state index contributed by atoms with van der Waals surface area (Å²) >= 11 is 4.86. The lowest BCUT2D eigenvalue weighted by Crippen LogP contribution is -2.26. The third-order valence-corrected chi connectivity index (χ3v) is 4.93. The van der Waals surface area contributed by atoms with Gasteiger partial charge >= 0.3 is 5.97 Å². The summed E-state index contributed by atoms with van der Waals surface area (Å²) < 4.78 is 10.0. The maximum Gasteiger partial charge on any atom is 0.305 e. The lowest BCUT2D eigenvalue weighted by molar-refractivity contribution is -0.137. The standard InChI is InChI=1S/C19H20O4S/c1-12(2)14-8-16-17(23-11-22-16)9-15(14)19(24,10-18(20)21)13-6-4-3-5-7-13/h3-9,12,24H,10-11H2,1-2H3,(H,20,21). The van der Waals surface area contributed by atoms with Crippen molar-refractivity contribution in [2.75, 3.05) is 6.79 Å². The van der Waals surface area contributed by atoms with Crippen molar-refractivity contribution in [3.8, 4) is 11.5 Å². The molecule has 0 radical (unpaired) electrons. The molecule has 0 fully saturated rings. The van der Waals surface area contributed by atoms with Gasteiger partial charge in [-0.15, -0.1) is 0 Å². The number of carboxylic acid groups (broad SMARTS) is 1. The van der Waals surface area contributed by atoms with Crippen LogP contribution in [0.25, 0.3) is 0 Å². The summed E-state index contributed by atoms with van der Waals surface area (Å²) in [4.78, 5) is 11.6. The minimum absolute atomic E-state index is 0.126. The highest BCUT2D eigenvalue weighted by atomic mass is 32.1. The van der Waals surface area contributed by atoms with Gasteiger partial charge < -0.3 is 14.6 Å². The van der Waals surface area contributed by atoms with E-state index in [1.165, 1.54) is 0 Å². The highest BCUT2D eigenvalue weighted by Crippen LogP contribution is 2.47. The number of benzene rings is 2. The summed E-state index contributed by atoms with van der Waals surface area (Å²) in [5.74, 6) is 0.621. The first-order valence-electron chi connectivity index (χ1n) is 7.85. The van der Waals surface area contributed by atoms with E-state index in [1.54, 1.807) is 0 Å². The van der Waals surface area contributed by atoms with Crippen LogP contribution in [0.15, 0.2) is 42.5 Å². The molecule has 0 saturated carbocycles. The topological polar surface area (TPSA) is 55.8 Å². The quantitative estimate of drug-likeness (QED) is 0.799. The van der Waals surface area contributed by atoms with Gasteiger partial charge in [0.15, 0.2) is 11.5 Å². The van der Waals surface area contributed by atoms with E-state index >= 15 is 0 Å². The molecule has 0 aromatic heterocycles. The number of hydrogen-bond acceptors (Lipinski definition) is 4. The van der Waals surface area contributed by atoms with Gasteiger partial charge in [-0.05, 0) is 34.7 Å². The zero-order chi connectivity index (χ0) is 17.3. The average molecular weight is 344 g/mol. The van der Waals surface area contributed by atoms with Gasteiger partial charge in [0, 0.05) is 0 Å². The maximum absolute atomic E-state index is 11.6. The van der Waals surface area contributed by atoms with Gasteiger partial charge in [0.25, 0.3) is 0 Å². The summed E-state index contributed by atoms with van der Waals surface area (Å²) in [7, 11) is 0. The van der Waals surface area contributed by atoms with E-state index in [-0.39, 0.29) is 19.1 Å². The molecule has 5 heteroatoms. The van der Waals surface area contributed by atoms with Gasteiger partial charge in [-0.25, -0.2) is 0 Å². The Balaban J connectivity index is 2.23. The Morgan fingerprint density at radius 1 is 1.21 bits per heavy atom. The molecule has 0 aliphatic carbocycles. The second-order valence-corrected chi connectivity index (χ2v) is 7.01. The molecule has 4 nitrogen and oxygen atoms in total. The van der Waals surface area contributed by atoms with E-state index in [1.807, 2.05) is 42.5 Å². The van der Waals surface area contributed by atoms with Crippen LogP contribution in [-0.4, -0.2) is 17.9 Å². The smallest absolute Gasteiger partial charge is 0.305 e. The van der Waals surface area contributed by atoms with Crippen LogP contribution >= 0.6 is 12.6 Å². The normalized spacial score (nSPS) is 15.3. The minimum Gasteiger partial charge on any atom is -0.481 e. The Hall–Kier alpha value is -2.14. The summed E-state index contributed by atoms with van der Waals surface area (Å²) in [5, 5.41) is 9.49. The molecule has 1 unspecified atom stereocenters. The Morgan fingerprint density at radius 3 is 2.42 bits per heavy atom. The Kier molecular flexibility index (Phi) is 4.45. The van der Waals surface area contributed by atoms with Crippen molar-refractivity contribution >= 4 is 18.6 Å². The molecule has 1 atom stereocenters. The van der Waals surface area contributed by atoms with Gasteiger partial charge in [-0.1, -0.05) is 44.2 Å². The molecule has 2 aromatic rings. The number of ether oxygens (including phenoxy) is 2. The Labute approximate surface area is 146 Å². The first kappa shape index (κ1) is 16.7. The van der Waals surface area contributed by atoms with E-state index < -0.39 is 10.7 Å². The molecule has 3 rings (SSSR count). The van der Waals surface area contributed by atoms with Gasteiger partial charge in [-0.3, -0.25) is 4.79 Å². The number of carbonyl (C=O) groups is 1. The number of hydrogen-bond donors (Lipinski definition) is 2. The fraction of sp³-hybridized carbons (Fsp3) is 0.316. The Bertz CT molecular complexity index is 757. The van der Waals surface area contributed by atoms with E-state index in [0.29, 0.717) is 11.5 Å². The molecule has 1 aliphatic rings. The second kappa shape index (κ2) is 6.40. The summed E-state index contributed by atoms with van der Waals surface area (Å²) in [5.41, 5.74) is 2.70. The molecular formula is C19H20O4S. The lowest BCUT2D eigenvalue weighted by Gasteiger charge is -2.31. The summed E-state index contributed by atoms with van der Waals surface area (Å²) in [6.07, 6.45) is -0.126. The zero-order valence-corrected chi connectivity index (χ0v) is 14.5. The van der Waals surface area contributed by atoms with Crippen LogP contribution in [0.5, 0.6) is 11.5 Å². The third kappa shape index (κ3) is 2.96. The lowest BCUT2D eigenvalue weighted by atomic mass is 9.81. The van der Waals surface area contributed by atoms with E-state index in [2.05, 4.69) is 13.8 Å². The van der Waals surface area contributed by atoms with Gasteiger partial charge in [0.05, 0.1) is 11.2 Å². The number of rotatable bonds is 5. The third-order valence-electron chi connectivity index (χ3n) is 4.27. The van der Waals surface area contributed by atoms with E-state index in [9.17, 15) is 9.90 Å². The molecule has 1 aliphatic heterocycles. The fourth-order valence-electron chi connectivity index (χ4n) is 3.08. The van der Waals surface area contributed by atoms with Crippen molar-refractivity contribution in [2.24, 2.45) is 0 Å². The zero-order valence-electron chi connectivity index (χ0n) is 13.7. The predicted octanol–water partition coefficient (Wildman–Crippen LogP) is 4.19. The predicted molar refractivity (Wildman–Crippen MR) is 95.1 cm³/mol. The number of aliphatic carboxylic acids is 1. The molecule has 126 valence electrons. The number of carboxylic acids is 1. The van der Waals surface area contributed by atoms with Gasteiger partial charge in [-0.2, -0.15) is 12.6 Å². The molecular weight excluding hydrogens is 324 g/mol. The van der Waals surface area contributed by atoms with Crippen molar-refractivity contribution < 1.29 is 19.4 Å². The van der Waals surface area contributed by atoms with E-state index in [4.69, 9.17) is 22.1 Å². The molecule has 0 spiro atoms. The minimum atomic E-state index is -0.951. The SMILES string of the molecule is CC(C)c1cc2c(cc1C(S)(CC(=O)O)c1ccccc1)OCO2. The monoisotopic (exact) mass is 344 g/mol. The molecule has 0 saturated heterocycles. The number of fused-ring (bicyclic) bond motifs is 1. The fourth-order valence-corrected chi connectivity index (χ4v) is 3.56. The average Bonchev–Trinajstić information content (AvgIpc) is 3.01. The van der Waals surface area contributed by atoms with Gasteiger partial charge in [0.2, 0.25) is 6.79 Å². The molecule has 24 heavy (non-hydrogen) atoms. The van der Waals surface area contributed by atoms with Crippen molar-refractivity contribution in [2.45, 2.75) is 30.9 Å². The first-order valence-corrected chi connectivity index (χ1v) is 8.30. The van der Waals surface area contributed by atoms with E-state index in [0.717, 1.165) is 16.7 Å². The van der Waals surface area contributed by atoms with Crippen molar-refractivity contribution in [1.82, 2.24) is 0 Å². The number of thiol groups is 1. The van der Waals surface area contributed by atoms with Gasteiger partial charge in [0.1, 0.15) is 0 Å². The maximum atomic E-state index is 11.6. The first-order chi connectivity index (χ1) is 11.4. The van der Waals surface area contributed by atoms with Crippen LogP contribution in [0.1, 0.15) is 42.9 Å². The van der Waals surface area contributed by atoms with Crippen LogP contribution in [0.3, 0.4) is 0 Å². The largest absolute Gasteiger partial charge is 0.481 e. The second-order valence-electron chi connectivity index (χ2n) is 6.24. The summed E-state index contributed by atoms with van der Waals surface area (Å²) in [6, 6.07) is 13.3. The van der Waals surface area contributed by atoms with Crippen molar-refractivity contribution in [1.29, 1.82) is 0 Å². The van der Waals surface area contributed by atoms with Crippen LogP contribution < -0.4 is 9.47 Å². The highest BCUT2D eigenvalue weighted by molar-refractivity contribution is 7.81. The molecule has 0 bridgehead atoms. The highest BCUT2D eigenvalue weighted by Gasteiger charge is 2.37. The van der Waals surface area contributed by atoms with Crippen molar-refractivity contribution in [3.05, 3.63) is 59.2 Å². The molecule has 1 heterocycles. The molecule has 2 aromatic carbocycles. The van der Waals surface area contributed by atoms with Crippen LogP contribution in [0.2, 0.25) is 0 Å². The van der Waals surface area contributed by atoms with Crippen molar-refractivity contribution in [3.63, 3.8) is 0 Å². The Morgan fingerprint density at radius 2 is 1.83 bits per heavy atom.